The van der Waals surface area contributed by atoms with Crippen LogP contribution in [0.15, 0.2) is 54.0 Å². The lowest BCUT2D eigenvalue weighted by Gasteiger charge is -2.35. The van der Waals surface area contributed by atoms with Crippen LogP contribution in [-0.4, -0.2) is 46.8 Å². The van der Waals surface area contributed by atoms with Gasteiger partial charge in [-0.25, -0.2) is 4.68 Å². The van der Waals surface area contributed by atoms with Crippen molar-refractivity contribution in [2.75, 3.05) is 26.6 Å². The number of hydrogen-bond donors (Lipinski definition) is 1. The van der Waals surface area contributed by atoms with Crippen LogP contribution in [0.3, 0.4) is 0 Å². The number of ketones is 1. The molecular formula is C24H23N5O6. The van der Waals surface area contributed by atoms with Gasteiger partial charge in [0.25, 0.3) is 5.69 Å². The molecule has 2 atom stereocenters. The molecule has 1 aliphatic carbocycles. The summed E-state index contributed by atoms with van der Waals surface area (Å²) in [5.74, 6) is 1.87. The number of aromatic nitrogens is 3. The lowest BCUT2D eigenvalue weighted by atomic mass is 9.77. The van der Waals surface area contributed by atoms with Gasteiger partial charge in [-0.1, -0.05) is 0 Å². The van der Waals surface area contributed by atoms with Gasteiger partial charge >= 0.3 is 0 Å². The van der Waals surface area contributed by atoms with Crippen LogP contribution in [0.5, 0.6) is 17.2 Å². The quantitative estimate of drug-likeness (QED) is 0.418. The zero-order valence-corrected chi connectivity index (χ0v) is 19.3. The van der Waals surface area contributed by atoms with Gasteiger partial charge in [-0.3, -0.25) is 14.9 Å². The number of non-ortho nitro benzene ring substituents is 1. The van der Waals surface area contributed by atoms with Crippen LogP contribution in [-0.2, 0) is 4.79 Å². The Morgan fingerprint density at radius 2 is 1.71 bits per heavy atom. The van der Waals surface area contributed by atoms with Crippen molar-refractivity contribution in [1.29, 1.82) is 0 Å². The Hall–Kier alpha value is -4.41. The average molecular weight is 477 g/mol. The van der Waals surface area contributed by atoms with E-state index >= 15 is 0 Å². The molecule has 3 aromatic rings. The van der Waals surface area contributed by atoms with Gasteiger partial charge in [0, 0.05) is 29.8 Å². The Bertz CT molecular complexity index is 1320. The van der Waals surface area contributed by atoms with Gasteiger partial charge in [-0.15, -0.1) is 0 Å². The van der Waals surface area contributed by atoms with E-state index in [1.165, 1.54) is 18.5 Å². The van der Waals surface area contributed by atoms with Crippen molar-refractivity contribution in [1.82, 2.24) is 14.8 Å². The molecule has 35 heavy (non-hydrogen) atoms. The van der Waals surface area contributed by atoms with E-state index in [4.69, 9.17) is 14.2 Å². The van der Waals surface area contributed by atoms with Crippen LogP contribution in [0.25, 0.3) is 0 Å². The van der Waals surface area contributed by atoms with E-state index in [-0.39, 0.29) is 23.8 Å². The van der Waals surface area contributed by atoms with Crippen molar-refractivity contribution in [3.63, 3.8) is 0 Å². The number of nitro benzene ring substituents is 1. The molecule has 1 N–H and O–H groups in total. The van der Waals surface area contributed by atoms with Gasteiger partial charge in [0.2, 0.25) is 11.7 Å². The first-order chi connectivity index (χ1) is 16.9. The lowest BCUT2D eigenvalue weighted by molar-refractivity contribution is -0.384. The number of rotatable bonds is 6. The van der Waals surface area contributed by atoms with E-state index < -0.39 is 11.0 Å². The second-order valence-corrected chi connectivity index (χ2v) is 8.28. The van der Waals surface area contributed by atoms with Crippen molar-refractivity contribution in [3.05, 3.63) is 75.2 Å². The fourth-order valence-corrected chi connectivity index (χ4v) is 4.81. The zero-order chi connectivity index (χ0) is 24.7. The third-order valence-electron chi connectivity index (χ3n) is 6.44. The number of benzene rings is 2. The van der Waals surface area contributed by atoms with Crippen molar-refractivity contribution in [2.24, 2.45) is 0 Å². The number of anilines is 1. The van der Waals surface area contributed by atoms with E-state index in [0.717, 1.165) is 16.8 Å². The van der Waals surface area contributed by atoms with Gasteiger partial charge in [-0.05, 0) is 47.7 Å². The highest BCUT2D eigenvalue weighted by molar-refractivity contribution is 6.00. The predicted octanol–water partition coefficient (Wildman–Crippen LogP) is 3.63. The van der Waals surface area contributed by atoms with Gasteiger partial charge in [0.15, 0.2) is 17.3 Å². The predicted molar refractivity (Wildman–Crippen MR) is 125 cm³/mol. The van der Waals surface area contributed by atoms with Crippen LogP contribution in [0, 0.1) is 10.1 Å². The van der Waals surface area contributed by atoms with E-state index in [2.05, 4.69) is 15.4 Å². The minimum Gasteiger partial charge on any atom is -0.493 e. The largest absolute Gasteiger partial charge is 0.493 e. The van der Waals surface area contributed by atoms with Crippen LogP contribution >= 0.6 is 0 Å². The molecule has 0 amide bonds. The number of allylic oxidation sites excluding steroid dienone is 2. The maximum Gasteiger partial charge on any atom is 0.269 e. The third-order valence-corrected chi connectivity index (χ3v) is 6.44. The molecule has 5 rings (SSSR count). The Morgan fingerprint density at radius 3 is 2.31 bits per heavy atom. The summed E-state index contributed by atoms with van der Waals surface area (Å²) >= 11 is 0. The zero-order valence-electron chi connectivity index (χ0n) is 19.3. The Labute approximate surface area is 200 Å². The molecule has 0 saturated heterocycles. The highest BCUT2D eigenvalue weighted by Gasteiger charge is 2.39. The molecule has 0 radical (unpaired) electrons. The van der Waals surface area contributed by atoms with Gasteiger partial charge in [0.05, 0.1) is 26.3 Å². The topological polar surface area (TPSA) is 131 Å². The number of ether oxygens (including phenoxy) is 3. The second-order valence-electron chi connectivity index (χ2n) is 8.28. The summed E-state index contributed by atoms with van der Waals surface area (Å²) in [5.41, 5.74) is 2.92. The molecule has 2 aromatic carbocycles. The van der Waals surface area contributed by atoms with E-state index in [9.17, 15) is 14.9 Å². The number of fused-ring (bicyclic) bond motifs is 1. The van der Waals surface area contributed by atoms with Gasteiger partial charge < -0.3 is 19.5 Å². The summed E-state index contributed by atoms with van der Waals surface area (Å²) in [6, 6.07) is 9.37. The first kappa shape index (κ1) is 22.4. The highest BCUT2D eigenvalue weighted by atomic mass is 16.6. The molecule has 2 heterocycles. The Balaban J connectivity index is 1.56. The van der Waals surface area contributed by atoms with Crippen LogP contribution in [0.1, 0.15) is 35.9 Å². The normalized spacial score (nSPS) is 18.9. The average Bonchev–Trinajstić information content (AvgIpc) is 3.34. The first-order valence-corrected chi connectivity index (χ1v) is 10.9. The van der Waals surface area contributed by atoms with Crippen LogP contribution < -0.4 is 19.5 Å². The summed E-state index contributed by atoms with van der Waals surface area (Å²) in [6.45, 7) is 0. The van der Waals surface area contributed by atoms with E-state index in [1.807, 2.05) is 12.1 Å². The summed E-state index contributed by atoms with van der Waals surface area (Å²) in [6.07, 6.45) is 2.24. The molecule has 11 heteroatoms. The fourth-order valence-electron chi connectivity index (χ4n) is 4.81. The van der Waals surface area contributed by atoms with E-state index in [1.54, 1.807) is 38.1 Å². The van der Waals surface area contributed by atoms with Gasteiger partial charge in [-0.2, -0.15) is 10.1 Å². The summed E-state index contributed by atoms with van der Waals surface area (Å²) < 4.78 is 18.0. The molecule has 1 aliphatic heterocycles. The number of nitrogens with zero attached hydrogens (tertiary/aromatic N) is 4. The number of hydrogen-bond acceptors (Lipinski definition) is 9. The van der Waals surface area contributed by atoms with Crippen LogP contribution in [0.4, 0.5) is 11.6 Å². The molecule has 2 aliphatic rings. The highest BCUT2D eigenvalue weighted by Crippen LogP contribution is 2.47. The smallest absolute Gasteiger partial charge is 0.269 e. The monoisotopic (exact) mass is 477 g/mol. The number of nitro groups is 1. The molecule has 0 unspecified atom stereocenters. The Kier molecular flexibility index (Phi) is 5.59. The summed E-state index contributed by atoms with van der Waals surface area (Å²) in [5, 5.41) is 18.7. The number of carbonyl (C=O) groups is 1. The minimum absolute atomic E-state index is 0.0202. The van der Waals surface area contributed by atoms with Crippen molar-refractivity contribution in [3.8, 4) is 17.2 Å². The molecule has 1 aromatic heterocycles. The van der Waals surface area contributed by atoms with E-state index in [0.29, 0.717) is 35.2 Å². The Morgan fingerprint density at radius 1 is 1.03 bits per heavy atom. The number of carbonyl (C=O) groups excluding carboxylic acids is 1. The molecule has 0 saturated carbocycles. The minimum atomic E-state index is -0.530. The summed E-state index contributed by atoms with van der Waals surface area (Å²) in [4.78, 5) is 28.5. The molecule has 0 fully saturated rings. The maximum atomic E-state index is 13.6. The van der Waals surface area contributed by atoms with Crippen LogP contribution in [0.2, 0.25) is 0 Å². The SMILES string of the molecule is COc1cc([C@@H]2CC(=O)C3=C(C2)Nc2ncnn2[C@@H]3c2ccc([N+](=O)[O-])cc2)cc(OC)c1OC. The number of methoxy groups -OCH3 is 3. The molecule has 180 valence electrons. The number of nitrogens with one attached hydrogen (secondary N) is 1. The maximum absolute atomic E-state index is 13.6. The lowest BCUT2D eigenvalue weighted by Crippen LogP contribution is -2.33. The third kappa shape index (κ3) is 3.74. The first-order valence-electron chi connectivity index (χ1n) is 10.9. The summed E-state index contributed by atoms with van der Waals surface area (Å²) in [7, 11) is 4.65. The van der Waals surface area contributed by atoms with Crippen molar-refractivity contribution >= 4 is 17.4 Å². The molecule has 11 nitrogen and oxygen atoms in total. The second kappa shape index (κ2) is 8.75. The standard InChI is InChI=1S/C24H23N5O6/c1-33-19-10-15(11-20(34-2)23(19)35-3)14-8-17-21(18(30)9-14)22(28-24(27-17)25-12-26-28)13-4-6-16(7-5-13)29(31)32/h4-7,10-12,14,22H,8-9H2,1-3H3,(H,25,26,27)/t14-,22+/m0/s1. The number of Topliss-reactive ketones (excluding diaryl/α,β-unsaturated/α-hetero) is 1. The van der Waals surface area contributed by atoms with Gasteiger partial charge in [0.1, 0.15) is 12.4 Å². The fraction of sp³-hybridized carbons (Fsp3) is 0.292. The molecule has 0 bridgehead atoms. The van der Waals surface area contributed by atoms with Crippen molar-refractivity contribution in [2.45, 2.75) is 24.8 Å². The molecular weight excluding hydrogens is 454 g/mol. The molecule has 0 spiro atoms. The van der Waals surface area contributed by atoms with Crippen molar-refractivity contribution < 1.29 is 23.9 Å².